The number of rotatable bonds is 1. The van der Waals surface area contributed by atoms with Gasteiger partial charge in [0, 0.05) is 24.0 Å². The van der Waals surface area contributed by atoms with Crippen LogP contribution in [-0.2, 0) is 0 Å². The van der Waals surface area contributed by atoms with Gasteiger partial charge in [0.05, 0.1) is 5.92 Å². The molecule has 0 aliphatic carbocycles. The number of halogens is 3. The van der Waals surface area contributed by atoms with E-state index < -0.39 is 18.0 Å². The van der Waals surface area contributed by atoms with E-state index in [1.54, 1.807) is 19.1 Å². The van der Waals surface area contributed by atoms with Crippen molar-refractivity contribution >= 4 is 16.9 Å². The van der Waals surface area contributed by atoms with Gasteiger partial charge in [-0.15, -0.1) is 0 Å². The summed E-state index contributed by atoms with van der Waals surface area (Å²) < 4.78 is 44.2. The van der Waals surface area contributed by atoms with Gasteiger partial charge in [-0.2, -0.15) is 13.2 Å². The minimum atomic E-state index is -4.26. The summed E-state index contributed by atoms with van der Waals surface area (Å²) in [5, 5.41) is 0.815. The highest BCUT2D eigenvalue weighted by atomic mass is 19.4. The second-order valence-corrected chi connectivity index (χ2v) is 5.68. The fourth-order valence-corrected chi connectivity index (χ4v) is 2.95. The number of nitrogens with zero attached hydrogens (tertiary/aromatic N) is 1. The van der Waals surface area contributed by atoms with E-state index in [0.29, 0.717) is 24.1 Å². The van der Waals surface area contributed by atoms with Crippen molar-refractivity contribution in [2.24, 2.45) is 5.92 Å². The Morgan fingerprint density at radius 3 is 2.73 bits per heavy atom. The van der Waals surface area contributed by atoms with Gasteiger partial charge in [0.25, 0.3) is 5.91 Å². The van der Waals surface area contributed by atoms with Crippen LogP contribution < -0.4 is 0 Å². The molecule has 1 aromatic carbocycles. The molecule has 1 atom stereocenters. The first-order chi connectivity index (χ1) is 10.4. The Morgan fingerprint density at radius 2 is 2.05 bits per heavy atom. The molecule has 0 spiro atoms. The Kier molecular flexibility index (Phi) is 3.62. The minimum absolute atomic E-state index is 0.0758. The molecule has 1 aliphatic rings. The van der Waals surface area contributed by atoms with Gasteiger partial charge in [0.2, 0.25) is 0 Å². The fraction of sp³-hybridized carbons (Fsp3) is 0.438. The maximum absolute atomic E-state index is 12.9. The summed E-state index contributed by atoms with van der Waals surface area (Å²) in [5.41, 5.74) is 1.25. The fourth-order valence-electron chi connectivity index (χ4n) is 2.95. The number of furan rings is 1. The van der Waals surface area contributed by atoms with E-state index in [1.807, 2.05) is 12.1 Å². The minimum Gasteiger partial charge on any atom is -0.451 e. The number of likely N-dealkylation sites (tertiary alicyclic amines) is 1. The third-order valence-corrected chi connectivity index (χ3v) is 4.21. The molecule has 1 fully saturated rings. The molecule has 0 N–H and O–H groups in total. The molecule has 2 heterocycles. The van der Waals surface area contributed by atoms with Gasteiger partial charge in [-0.3, -0.25) is 4.79 Å². The average Bonchev–Trinajstić information content (AvgIpc) is 2.83. The van der Waals surface area contributed by atoms with Crippen LogP contribution in [0.25, 0.3) is 11.0 Å². The Morgan fingerprint density at radius 1 is 1.32 bits per heavy atom. The topological polar surface area (TPSA) is 33.5 Å². The maximum atomic E-state index is 12.9. The van der Waals surface area contributed by atoms with Crippen LogP contribution in [0.3, 0.4) is 0 Å². The number of amides is 1. The predicted octanol–water partition coefficient (Wildman–Crippen LogP) is 4.16. The van der Waals surface area contributed by atoms with Gasteiger partial charge in [-0.1, -0.05) is 18.2 Å². The lowest BCUT2D eigenvalue weighted by Crippen LogP contribution is -2.44. The number of benzene rings is 1. The highest BCUT2D eigenvalue weighted by molar-refractivity contribution is 5.98. The molecule has 118 valence electrons. The van der Waals surface area contributed by atoms with Crippen LogP contribution >= 0.6 is 0 Å². The van der Waals surface area contributed by atoms with Crippen LogP contribution in [0.5, 0.6) is 0 Å². The molecule has 1 aromatic heterocycles. The van der Waals surface area contributed by atoms with Crippen molar-refractivity contribution in [2.75, 3.05) is 13.1 Å². The quantitative estimate of drug-likeness (QED) is 0.792. The van der Waals surface area contributed by atoms with Crippen LogP contribution in [0.4, 0.5) is 13.2 Å². The van der Waals surface area contributed by atoms with Gasteiger partial charge in [0.1, 0.15) is 5.58 Å². The summed E-state index contributed by atoms with van der Waals surface area (Å²) >= 11 is 0. The van der Waals surface area contributed by atoms with Crippen molar-refractivity contribution in [3.8, 4) is 0 Å². The number of aryl methyl sites for hydroxylation is 1. The van der Waals surface area contributed by atoms with Gasteiger partial charge >= 0.3 is 6.18 Å². The highest BCUT2D eigenvalue weighted by Crippen LogP contribution is 2.34. The van der Waals surface area contributed by atoms with E-state index in [9.17, 15) is 18.0 Å². The number of hydrogen-bond donors (Lipinski definition) is 0. The van der Waals surface area contributed by atoms with Crippen molar-refractivity contribution in [3.05, 3.63) is 35.6 Å². The summed E-state index contributed by atoms with van der Waals surface area (Å²) in [7, 11) is 0. The van der Waals surface area contributed by atoms with Gasteiger partial charge < -0.3 is 9.32 Å². The average molecular weight is 311 g/mol. The van der Waals surface area contributed by atoms with Gasteiger partial charge in [-0.25, -0.2) is 0 Å². The number of alkyl halides is 3. The smallest absolute Gasteiger partial charge is 0.393 e. The maximum Gasteiger partial charge on any atom is 0.393 e. The Labute approximate surface area is 125 Å². The lowest BCUT2D eigenvalue weighted by Gasteiger charge is -2.33. The lowest BCUT2D eigenvalue weighted by atomic mass is 9.97. The van der Waals surface area contributed by atoms with Crippen LogP contribution in [0, 0.1) is 12.8 Å². The molecule has 2 aromatic rings. The van der Waals surface area contributed by atoms with E-state index in [1.165, 1.54) is 4.90 Å². The SMILES string of the molecule is Cc1c(C(=O)N2CCC[C@H](C(F)(F)F)C2)oc2ccccc12. The van der Waals surface area contributed by atoms with Crippen LogP contribution in [0.2, 0.25) is 0 Å². The van der Waals surface area contributed by atoms with Gasteiger partial charge in [0.15, 0.2) is 5.76 Å². The van der Waals surface area contributed by atoms with E-state index >= 15 is 0 Å². The van der Waals surface area contributed by atoms with Crippen molar-refractivity contribution in [3.63, 3.8) is 0 Å². The van der Waals surface area contributed by atoms with Crippen molar-refractivity contribution in [1.82, 2.24) is 4.90 Å². The standard InChI is InChI=1S/C16H16F3NO2/c1-10-12-6-2-3-7-13(12)22-14(10)15(21)20-8-4-5-11(9-20)16(17,18)19/h2-3,6-7,11H,4-5,8-9H2,1H3/t11-/m0/s1. The molecule has 0 saturated carbocycles. The Bertz CT molecular complexity index is 705. The van der Waals surface area contributed by atoms with Crippen LogP contribution in [0.15, 0.2) is 28.7 Å². The summed E-state index contributed by atoms with van der Waals surface area (Å²) in [6.45, 7) is 1.80. The largest absolute Gasteiger partial charge is 0.451 e. The molecule has 0 radical (unpaired) electrons. The van der Waals surface area contributed by atoms with Crippen molar-refractivity contribution < 1.29 is 22.4 Å². The molecular weight excluding hydrogens is 295 g/mol. The molecule has 1 amide bonds. The summed E-state index contributed by atoms with van der Waals surface area (Å²) in [4.78, 5) is 13.8. The van der Waals surface area contributed by atoms with E-state index in [-0.39, 0.29) is 18.7 Å². The zero-order valence-electron chi connectivity index (χ0n) is 12.1. The Balaban J connectivity index is 1.88. The second kappa shape index (κ2) is 5.34. The number of piperidine rings is 1. The van der Waals surface area contributed by atoms with Crippen LogP contribution in [0.1, 0.15) is 29.0 Å². The van der Waals surface area contributed by atoms with E-state index in [4.69, 9.17) is 4.42 Å². The van der Waals surface area contributed by atoms with Crippen molar-refractivity contribution in [1.29, 1.82) is 0 Å². The summed E-state index contributed by atoms with van der Waals surface area (Å²) in [5.74, 6) is -1.76. The highest BCUT2D eigenvalue weighted by Gasteiger charge is 2.43. The van der Waals surface area contributed by atoms with Gasteiger partial charge in [-0.05, 0) is 25.8 Å². The normalized spacial score (nSPS) is 19.6. The first-order valence-corrected chi connectivity index (χ1v) is 7.22. The number of carbonyl (C=O) groups is 1. The molecule has 1 saturated heterocycles. The first-order valence-electron chi connectivity index (χ1n) is 7.22. The molecule has 3 rings (SSSR count). The molecule has 1 aliphatic heterocycles. The monoisotopic (exact) mass is 311 g/mol. The van der Waals surface area contributed by atoms with Crippen molar-refractivity contribution in [2.45, 2.75) is 25.9 Å². The molecule has 0 unspecified atom stereocenters. The molecule has 6 heteroatoms. The number of carbonyl (C=O) groups excluding carboxylic acids is 1. The summed E-state index contributed by atoms with van der Waals surface area (Å²) in [6, 6.07) is 7.20. The lowest BCUT2D eigenvalue weighted by molar-refractivity contribution is -0.184. The third kappa shape index (κ3) is 2.58. The van der Waals surface area contributed by atoms with E-state index in [0.717, 1.165) is 5.39 Å². The zero-order valence-corrected chi connectivity index (χ0v) is 12.1. The molecule has 3 nitrogen and oxygen atoms in total. The number of hydrogen-bond acceptors (Lipinski definition) is 2. The zero-order chi connectivity index (χ0) is 15.9. The van der Waals surface area contributed by atoms with Crippen LogP contribution in [-0.4, -0.2) is 30.1 Å². The molecule has 22 heavy (non-hydrogen) atoms. The second-order valence-electron chi connectivity index (χ2n) is 5.68. The summed E-state index contributed by atoms with van der Waals surface area (Å²) in [6.07, 6.45) is -3.83. The third-order valence-electron chi connectivity index (χ3n) is 4.21. The molecule has 0 bridgehead atoms. The number of fused-ring (bicyclic) bond motifs is 1. The van der Waals surface area contributed by atoms with E-state index in [2.05, 4.69) is 0 Å². The number of para-hydroxylation sites is 1. The predicted molar refractivity (Wildman–Crippen MR) is 75.6 cm³/mol. The Hall–Kier alpha value is -1.98. The molecular formula is C16H16F3NO2. The first kappa shape index (κ1) is 14.9.